The van der Waals surface area contributed by atoms with E-state index in [1.165, 1.54) is 6.20 Å². The first-order chi connectivity index (χ1) is 8.58. The van der Waals surface area contributed by atoms with Crippen molar-refractivity contribution >= 4 is 27.6 Å². The molecule has 0 aliphatic carbocycles. The molecule has 0 aliphatic heterocycles. The number of nitrogens with zero attached hydrogens (tertiary/aromatic N) is 1. The van der Waals surface area contributed by atoms with Gasteiger partial charge in [-0.2, -0.15) is 5.10 Å². The lowest BCUT2D eigenvalue weighted by Crippen LogP contribution is -2.06. The Morgan fingerprint density at radius 3 is 3.06 bits per heavy atom. The summed E-state index contributed by atoms with van der Waals surface area (Å²) in [6.07, 6.45) is 1.52. The van der Waals surface area contributed by atoms with Crippen molar-refractivity contribution < 1.29 is 9.90 Å². The minimum absolute atomic E-state index is 0.121. The van der Waals surface area contributed by atoms with Crippen LogP contribution in [0.1, 0.15) is 21.6 Å². The molecule has 18 heavy (non-hydrogen) atoms. The minimum atomic E-state index is -1.00. The molecule has 0 spiro atoms. The topological polar surface area (TPSA) is 78.0 Å². The summed E-state index contributed by atoms with van der Waals surface area (Å²) in [6.45, 7) is 2.40. The van der Waals surface area contributed by atoms with E-state index in [0.717, 1.165) is 15.7 Å². The maximum atomic E-state index is 10.9. The van der Waals surface area contributed by atoms with Crippen molar-refractivity contribution in [1.82, 2.24) is 10.2 Å². The van der Waals surface area contributed by atoms with Crippen LogP contribution in [0.25, 0.3) is 0 Å². The van der Waals surface area contributed by atoms with Gasteiger partial charge < -0.3 is 10.4 Å². The van der Waals surface area contributed by atoms with E-state index < -0.39 is 5.97 Å². The summed E-state index contributed by atoms with van der Waals surface area (Å²) in [5, 5.41) is 18.4. The van der Waals surface area contributed by atoms with Gasteiger partial charge in [-0.05, 0) is 24.6 Å². The van der Waals surface area contributed by atoms with Crippen LogP contribution in [0.3, 0.4) is 0 Å². The second-order valence-electron chi connectivity index (χ2n) is 3.89. The fraction of sp³-hybridized carbons (Fsp3) is 0.167. The number of halogens is 1. The van der Waals surface area contributed by atoms with Gasteiger partial charge in [-0.3, -0.25) is 5.10 Å². The number of aromatic nitrogens is 2. The highest BCUT2D eigenvalue weighted by molar-refractivity contribution is 9.10. The van der Waals surface area contributed by atoms with Gasteiger partial charge in [0.05, 0.1) is 6.20 Å². The van der Waals surface area contributed by atoms with E-state index in [1.54, 1.807) is 0 Å². The number of rotatable bonds is 4. The van der Waals surface area contributed by atoms with Gasteiger partial charge in [-0.25, -0.2) is 4.79 Å². The van der Waals surface area contributed by atoms with E-state index in [0.29, 0.717) is 12.1 Å². The van der Waals surface area contributed by atoms with Crippen molar-refractivity contribution in [3.05, 3.63) is 45.7 Å². The number of aryl methyl sites for hydroxylation is 1. The third kappa shape index (κ3) is 2.70. The smallest absolute Gasteiger partial charge is 0.354 e. The number of carbonyl (C=O) groups is 1. The SMILES string of the molecule is Cc1ccc(Br)cc1NCc1cn[nH]c1C(=O)O. The van der Waals surface area contributed by atoms with Crippen LogP contribution in [0.15, 0.2) is 28.9 Å². The molecule has 0 fully saturated rings. The summed E-state index contributed by atoms with van der Waals surface area (Å²) < 4.78 is 0.973. The highest BCUT2D eigenvalue weighted by Crippen LogP contribution is 2.21. The van der Waals surface area contributed by atoms with Crippen LogP contribution >= 0.6 is 15.9 Å². The molecule has 5 nitrogen and oxygen atoms in total. The number of hydrogen-bond acceptors (Lipinski definition) is 3. The molecule has 6 heteroatoms. The summed E-state index contributed by atoms with van der Waals surface area (Å²) in [6, 6.07) is 5.90. The molecule has 0 saturated carbocycles. The fourth-order valence-electron chi connectivity index (χ4n) is 1.61. The highest BCUT2D eigenvalue weighted by Gasteiger charge is 2.12. The number of carboxylic acid groups (broad SMARTS) is 1. The molecule has 2 aromatic rings. The molecule has 2 rings (SSSR count). The van der Waals surface area contributed by atoms with E-state index in [1.807, 2.05) is 25.1 Å². The first-order valence-corrected chi connectivity index (χ1v) is 6.13. The number of hydrogen-bond donors (Lipinski definition) is 3. The van der Waals surface area contributed by atoms with Gasteiger partial charge in [-0.15, -0.1) is 0 Å². The van der Waals surface area contributed by atoms with E-state index in [-0.39, 0.29) is 5.69 Å². The summed E-state index contributed by atoms with van der Waals surface area (Å²) in [7, 11) is 0. The predicted octanol–water partition coefficient (Wildman–Crippen LogP) is 2.79. The van der Waals surface area contributed by atoms with Gasteiger partial charge >= 0.3 is 5.97 Å². The second kappa shape index (κ2) is 5.22. The van der Waals surface area contributed by atoms with Gasteiger partial charge in [0.2, 0.25) is 0 Å². The fourth-order valence-corrected chi connectivity index (χ4v) is 1.97. The zero-order valence-corrected chi connectivity index (χ0v) is 11.3. The lowest BCUT2D eigenvalue weighted by molar-refractivity contribution is 0.0689. The normalized spacial score (nSPS) is 10.3. The van der Waals surface area contributed by atoms with Crippen LogP contribution in [0.4, 0.5) is 5.69 Å². The third-order valence-corrected chi connectivity index (χ3v) is 3.09. The van der Waals surface area contributed by atoms with E-state index >= 15 is 0 Å². The van der Waals surface area contributed by atoms with Crippen LogP contribution in [0.2, 0.25) is 0 Å². The van der Waals surface area contributed by atoms with Crippen molar-refractivity contribution in [2.75, 3.05) is 5.32 Å². The van der Waals surface area contributed by atoms with Crippen molar-refractivity contribution in [2.45, 2.75) is 13.5 Å². The molecular weight excluding hydrogens is 298 g/mol. The summed E-state index contributed by atoms with van der Waals surface area (Å²) in [5.74, 6) is -1.00. The number of H-pyrrole nitrogens is 1. The molecule has 1 aromatic heterocycles. The molecule has 0 saturated heterocycles. The van der Waals surface area contributed by atoms with Crippen molar-refractivity contribution in [1.29, 1.82) is 0 Å². The minimum Gasteiger partial charge on any atom is -0.477 e. The van der Waals surface area contributed by atoms with Crippen molar-refractivity contribution in [3.63, 3.8) is 0 Å². The molecule has 3 N–H and O–H groups in total. The monoisotopic (exact) mass is 309 g/mol. The second-order valence-corrected chi connectivity index (χ2v) is 4.80. The molecule has 1 aromatic carbocycles. The van der Waals surface area contributed by atoms with Crippen LogP contribution in [0.5, 0.6) is 0 Å². The lowest BCUT2D eigenvalue weighted by atomic mass is 10.2. The average molecular weight is 310 g/mol. The van der Waals surface area contributed by atoms with Gasteiger partial charge in [0, 0.05) is 22.3 Å². The Kier molecular flexibility index (Phi) is 3.66. The Labute approximate surface area is 112 Å². The maximum Gasteiger partial charge on any atom is 0.354 e. The van der Waals surface area contributed by atoms with Gasteiger partial charge in [0.1, 0.15) is 5.69 Å². The Morgan fingerprint density at radius 2 is 2.33 bits per heavy atom. The Hall–Kier alpha value is -1.82. The molecule has 0 unspecified atom stereocenters. The number of aromatic amines is 1. The molecule has 94 valence electrons. The number of nitrogens with one attached hydrogen (secondary N) is 2. The number of benzene rings is 1. The van der Waals surface area contributed by atoms with Crippen LogP contribution < -0.4 is 5.32 Å². The van der Waals surface area contributed by atoms with Gasteiger partial charge in [0.25, 0.3) is 0 Å². The van der Waals surface area contributed by atoms with Crippen LogP contribution in [-0.4, -0.2) is 21.3 Å². The Balaban J connectivity index is 2.14. The summed E-state index contributed by atoms with van der Waals surface area (Å²) in [5.41, 5.74) is 2.80. The zero-order chi connectivity index (χ0) is 13.1. The summed E-state index contributed by atoms with van der Waals surface area (Å²) in [4.78, 5) is 10.9. The van der Waals surface area contributed by atoms with Gasteiger partial charge in [0.15, 0.2) is 0 Å². The number of aromatic carboxylic acids is 1. The molecule has 0 atom stereocenters. The predicted molar refractivity (Wildman–Crippen MR) is 71.8 cm³/mol. The van der Waals surface area contributed by atoms with Crippen molar-refractivity contribution in [3.8, 4) is 0 Å². The quantitative estimate of drug-likeness (QED) is 0.811. The lowest BCUT2D eigenvalue weighted by Gasteiger charge is -2.09. The molecule has 0 bridgehead atoms. The van der Waals surface area contributed by atoms with Crippen molar-refractivity contribution in [2.24, 2.45) is 0 Å². The number of anilines is 1. The van der Waals surface area contributed by atoms with E-state index in [9.17, 15) is 4.79 Å². The molecule has 1 heterocycles. The van der Waals surface area contributed by atoms with E-state index in [2.05, 4.69) is 31.4 Å². The largest absolute Gasteiger partial charge is 0.477 e. The van der Waals surface area contributed by atoms with Crippen LogP contribution in [-0.2, 0) is 6.54 Å². The average Bonchev–Trinajstić information content (AvgIpc) is 2.79. The zero-order valence-electron chi connectivity index (χ0n) is 9.70. The molecule has 0 radical (unpaired) electrons. The Morgan fingerprint density at radius 1 is 1.56 bits per heavy atom. The summed E-state index contributed by atoms with van der Waals surface area (Å²) >= 11 is 3.40. The maximum absolute atomic E-state index is 10.9. The third-order valence-electron chi connectivity index (χ3n) is 2.60. The Bertz CT molecular complexity index is 580. The first kappa shape index (κ1) is 12.6. The van der Waals surface area contributed by atoms with Crippen LogP contribution in [0, 0.1) is 6.92 Å². The molecule has 0 amide bonds. The standard InChI is InChI=1S/C12H12BrN3O2/c1-7-2-3-9(13)4-10(7)14-5-8-6-15-16-11(8)12(17)18/h2-4,6,14H,5H2,1H3,(H,15,16)(H,17,18). The highest BCUT2D eigenvalue weighted by atomic mass is 79.9. The molecule has 0 aliphatic rings. The number of carboxylic acids is 1. The first-order valence-electron chi connectivity index (χ1n) is 5.33. The molecular formula is C12H12BrN3O2. The van der Waals surface area contributed by atoms with Gasteiger partial charge in [-0.1, -0.05) is 22.0 Å². The van der Waals surface area contributed by atoms with E-state index in [4.69, 9.17) is 5.11 Å².